The van der Waals surface area contributed by atoms with Crippen molar-refractivity contribution in [3.8, 4) is 0 Å². The molecule has 2 saturated heterocycles. The number of aryl methyl sites for hydroxylation is 1. The Morgan fingerprint density at radius 3 is 2.57 bits per heavy atom. The molecule has 3 heterocycles. The number of nitrogens with zero attached hydrogens (tertiary/aromatic N) is 4. The number of hydrogen-bond donors (Lipinski definition) is 1. The molecule has 0 saturated carbocycles. The number of amides is 2. The van der Waals surface area contributed by atoms with Crippen LogP contribution in [0.2, 0.25) is 0 Å². The van der Waals surface area contributed by atoms with Gasteiger partial charge >= 0.3 is 0 Å². The van der Waals surface area contributed by atoms with E-state index >= 15 is 0 Å². The van der Waals surface area contributed by atoms with Gasteiger partial charge in [-0.25, -0.2) is 4.98 Å². The molecule has 160 valence electrons. The quantitative estimate of drug-likeness (QED) is 0.789. The first-order valence-corrected chi connectivity index (χ1v) is 10.7. The number of aromatic nitrogens is 2. The number of imidazole rings is 1. The second kappa shape index (κ2) is 8.22. The Morgan fingerprint density at radius 2 is 1.93 bits per heavy atom. The van der Waals surface area contributed by atoms with Crippen LogP contribution in [0.25, 0.3) is 0 Å². The van der Waals surface area contributed by atoms with Crippen LogP contribution < -0.4 is 5.32 Å². The average Bonchev–Trinajstić information content (AvgIpc) is 3.29. The summed E-state index contributed by atoms with van der Waals surface area (Å²) in [5.74, 6) is 0.372. The normalized spacial score (nSPS) is 20.5. The molecule has 2 amide bonds. The van der Waals surface area contributed by atoms with E-state index in [1.165, 1.54) is 5.56 Å². The zero-order valence-electron chi connectivity index (χ0n) is 18.0. The summed E-state index contributed by atoms with van der Waals surface area (Å²) < 4.78 is 1.78. The monoisotopic (exact) mass is 409 g/mol. The van der Waals surface area contributed by atoms with Crippen molar-refractivity contribution in [2.75, 3.05) is 32.7 Å². The molecule has 1 unspecified atom stereocenters. The fourth-order valence-electron chi connectivity index (χ4n) is 4.69. The largest absolute Gasteiger partial charge is 0.356 e. The number of nitrogens with one attached hydrogen (secondary N) is 1. The van der Waals surface area contributed by atoms with Gasteiger partial charge in [-0.2, -0.15) is 0 Å². The highest BCUT2D eigenvalue weighted by atomic mass is 16.2. The van der Waals surface area contributed by atoms with E-state index in [0.29, 0.717) is 31.2 Å². The average molecular weight is 410 g/mol. The third-order valence-electron chi connectivity index (χ3n) is 6.19. The number of rotatable bonds is 6. The minimum Gasteiger partial charge on any atom is -0.356 e. The molecule has 1 spiro atoms. The van der Waals surface area contributed by atoms with Crippen LogP contribution in [0.1, 0.15) is 29.9 Å². The van der Waals surface area contributed by atoms with Crippen molar-refractivity contribution < 1.29 is 9.59 Å². The molecule has 0 aliphatic carbocycles. The van der Waals surface area contributed by atoms with Gasteiger partial charge in [-0.1, -0.05) is 44.2 Å². The fraction of sp³-hybridized carbons (Fsp3) is 0.522. The predicted octanol–water partition coefficient (Wildman–Crippen LogP) is 1.77. The van der Waals surface area contributed by atoms with Crippen LogP contribution in [0.3, 0.4) is 0 Å². The van der Waals surface area contributed by atoms with Crippen LogP contribution in [0.4, 0.5) is 0 Å². The van der Waals surface area contributed by atoms with Crippen LogP contribution in [0, 0.1) is 17.3 Å². The molecule has 1 aromatic carbocycles. The van der Waals surface area contributed by atoms with Gasteiger partial charge in [0.25, 0.3) is 5.91 Å². The van der Waals surface area contributed by atoms with Crippen molar-refractivity contribution in [3.05, 3.63) is 54.1 Å². The van der Waals surface area contributed by atoms with Crippen molar-refractivity contribution in [1.29, 1.82) is 0 Å². The summed E-state index contributed by atoms with van der Waals surface area (Å²) in [6.45, 7) is 8.47. The molecule has 30 heavy (non-hydrogen) atoms. The van der Waals surface area contributed by atoms with Crippen molar-refractivity contribution in [1.82, 2.24) is 24.7 Å². The van der Waals surface area contributed by atoms with Crippen LogP contribution >= 0.6 is 0 Å². The van der Waals surface area contributed by atoms with Gasteiger partial charge in [-0.3, -0.25) is 14.5 Å². The van der Waals surface area contributed by atoms with E-state index in [-0.39, 0.29) is 23.1 Å². The van der Waals surface area contributed by atoms with Crippen LogP contribution in [-0.2, 0) is 18.4 Å². The van der Waals surface area contributed by atoms with Gasteiger partial charge in [0.05, 0.1) is 12.2 Å². The highest BCUT2D eigenvalue weighted by Crippen LogP contribution is 2.45. The number of likely N-dealkylation sites (tertiary alicyclic amines) is 2. The summed E-state index contributed by atoms with van der Waals surface area (Å²) in [6.07, 6.45) is 3.39. The van der Waals surface area contributed by atoms with Crippen molar-refractivity contribution in [2.45, 2.75) is 20.4 Å². The summed E-state index contributed by atoms with van der Waals surface area (Å²) in [6, 6.07) is 10.4. The number of benzene rings is 1. The van der Waals surface area contributed by atoms with Gasteiger partial charge in [-0.05, 0) is 11.5 Å². The van der Waals surface area contributed by atoms with Crippen molar-refractivity contribution in [2.24, 2.45) is 24.3 Å². The minimum atomic E-state index is -0.180. The van der Waals surface area contributed by atoms with E-state index in [0.717, 1.165) is 19.6 Å². The Bertz CT molecular complexity index is 901. The van der Waals surface area contributed by atoms with E-state index < -0.39 is 0 Å². The molecule has 1 aromatic heterocycles. The molecule has 0 radical (unpaired) electrons. The van der Waals surface area contributed by atoms with E-state index in [2.05, 4.69) is 41.2 Å². The third kappa shape index (κ3) is 4.12. The summed E-state index contributed by atoms with van der Waals surface area (Å²) in [5.41, 5.74) is 1.53. The molecule has 0 bridgehead atoms. The van der Waals surface area contributed by atoms with Crippen LogP contribution in [0.5, 0.6) is 0 Å². The Kier molecular flexibility index (Phi) is 5.64. The molecule has 4 rings (SSSR count). The Morgan fingerprint density at radius 1 is 1.20 bits per heavy atom. The lowest BCUT2D eigenvalue weighted by Gasteiger charge is -2.50. The number of hydrogen-bond acceptors (Lipinski definition) is 4. The van der Waals surface area contributed by atoms with Crippen LogP contribution in [0.15, 0.2) is 42.9 Å². The zero-order chi connectivity index (χ0) is 21.3. The van der Waals surface area contributed by atoms with Crippen molar-refractivity contribution in [3.63, 3.8) is 0 Å². The topological polar surface area (TPSA) is 70.5 Å². The highest BCUT2D eigenvalue weighted by molar-refractivity contribution is 5.93. The molecule has 7 nitrogen and oxygen atoms in total. The smallest absolute Gasteiger partial charge is 0.274 e. The van der Waals surface area contributed by atoms with Crippen LogP contribution in [-0.4, -0.2) is 63.9 Å². The first kappa shape index (κ1) is 20.6. The summed E-state index contributed by atoms with van der Waals surface area (Å²) in [4.78, 5) is 34.2. The number of carbonyl (C=O) groups is 2. The minimum absolute atomic E-state index is 0.0518. The lowest BCUT2D eigenvalue weighted by Crippen LogP contribution is -2.64. The molecule has 7 heteroatoms. The molecular formula is C23H31N5O2. The molecule has 1 N–H and O–H groups in total. The maximum atomic E-state index is 13.0. The SMILES string of the molecule is CC(C)CNC(=O)C1CN(Cc2ccccc2)CC12CN(C(=O)c1cn(C)cn1)C2. The highest BCUT2D eigenvalue weighted by Gasteiger charge is 2.57. The predicted molar refractivity (Wildman–Crippen MR) is 115 cm³/mol. The Hall–Kier alpha value is -2.67. The first-order chi connectivity index (χ1) is 14.4. The summed E-state index contributed by atoms with van der Waals surface area (Å²) in [5, 5.41) is 3.13. The zero-order valence-corrected chi connectivity index (χ0v) is 18.0. The fourth-order valence-corrected chi connectivity index (χ4v) is 4.69. The van der Waals surface area contributed by atoms with Gasteiger partial charge < -0.3 is 14.8 Å². The Balaban J connectivity index is 1.47. The molecule has 2 aliphatic rings. The summed E-state index contributed by atoms with van der Waals surface area (Å²) in [7, 11) is 1.86. The third-order valence-corrected chi connectivity index (χ3v) is 6.19. The van der Waals surface area contributed by atoms with Crippen molar-refractivity contribution >= 4 is 11.8 Å². The van der Waals surface area contributed by atoms with E-state index in [1.807, 2.05) is 30.1 Å². The standard InChI is InChI=1S/C23H31N5O2/c1-17(2)9-24-21(29)19-11-27(10-18-7-5-4-6-8-18)13-23(19)14-28(15-23)22(30)20-12-26(3)16-25-20/h4-8,12,16-17,19H,9-11,13-15H2,1-3H3,(H,24,29). The summed E-state index contributed by atoms with van der Waals surface area (Å²) >= 11 is 0. The van der Waals surface area contributed by atoms with Gasteiger partial charge in [0.2, 0.25) is 5.91 Å². The van der Waals surface area contributed by atoms with Gasteiger partial charge in [0, 0.05) is 57.9 Å². The van der Waals surface area contributed by atoms with E-state index in [4.69, 9.17) is 0 Å². The van der Waals surface area contributed by atoms with Gasteiger partial charge in [-0.15, -0.1) is 0 Å². The second-order valence-corrected chi connectivity index (χ2v) is 9.29. The lowest BCUT2D eigenvalue weighted by molar-refractivity contribution is -0.131. The maximum Gasteiger partial charge on any atom is 0.274 e. The van der Waals surface area contributed by atoms with E-state index in [1.54, 1.807) is 17.1 Å². The molecule has 2 aliphatic heterocycles. The molecule has 2 aromatic rings. The lowest BCUT2D eigenvalue weighted by atomic mass is 9.71. The Labute approximate surface area is 178 Å². The molecule has 2 fully saturated rings. The molecule has 1 atom stereocenters. The van der Waals surface area contributed by atoms with E-state index in [9.17, 15) is 9.59 Å². The van der Waals surface area contributed by atoms with Gasteiger partial charge in [0.15, 0.2) is 0 Å². The second-order valence-electron chi connectivity index (χ2n) is 9.29. The first-order valence-electron chi connectivity index (χ1n) is 10.7. The van der Waals surface area contributed by atoms with Gasteiger partial charge in [0.1, 0.15) is 5.69 Å². The molecular weight excluding hydrogens is 378 g/mol. The maximum absolute atomic E-state index is 13.0. The number of carbonyl (C=O) groups excluding carboxylic acids is 2.